The summed E-state index contributed by atoms with van der Waals surface area (Å²) in [5.74, 6) is -0.663. The maximum Gasteiger partial charge on any atom is 0.306 e. The van der Waals surface area contributed by atoms with E-state index in [-0.39, 0.29) is 31.6 Å². The molecule has 0 spiro atoms. The van der Waals surface area contributed by atoms with Crippen molar-refractivity contribution in [2.24, 2.45) is 0 Å². The summed E-state index contributed by atoms with van der Waals surface area (Å²) in [4.78, 5) is 24.1. The second-order valence-electron chi connectivity index (χ2n) is 12.3. The molecule has 0 saturated carbocycles. The lowest BCUT2D eigenvalue weighted by Crippen LogP contribution is -2.28. The number of allylic oxidation sites excluding steroid dienone is 4. The molecular formula is C38H70O5. The average Bonchev–Trinajstić information content (AvgIpc) is 3.01. The van der Waals surface area contributed by atoms with Gasteiger partial charge in [0.2, 0.25) is 0 Å². The number of aliphatic hydroxyl groups is 1. The second-order valence-corrected chi connectivity index (χ2v) is 12.3. The fourth-order valence-electron chi connectivity index (χ4n) is 5.19. The van der Waals surface area contributed by atoms with E-state index in [0.717, 1.165) is 32.1 Å². The predicted octanol–water partition coefficient (Wildman–Crippen LogP) is 11.1. The number of hydrogen-bond acceptors (Lipinski definition) is 5. The molecule has 5 nitrogen and oxygen atoms in total. The van der Waals surface area contributed by atoms with Crippen molar-refractivity contribution in [3.8, 4) is 0 Å². The Morgan fingerprint density at radius 2 is 0.977 bits per heavy atom. The van der Waals surface area contributed by atoms with Crippen molar-refractivity contribution in [2.45, 2.75) is 193 Å². The lowest BCUT2D eigenvalue weighted by atomic mass is 10.0. The van der Waals surface area contributed by atoms with E-state index in [0.29, 0.717) is 12.8 Å². The molecule has 0 heterocycles. The number of carbonyl (C=O) groups is 2. The zero-order valence-electron chi connectivity index (χ0n) is 28.5. The van der Waals surface area contributed by atoms with Gasteiger partial charge in [0.1, 0.15) is 6.61 Å². The highest BCUT2D eigenvalue weighted by molar-refractivity contribution is 5.70. The molecule has 0 aliphatic carbocycles. The first-order valence-corrected chi connectivity index (χ1v) is 18.4. The van der Waals surface area contributed by atoms with E-state index in [4.69, 9.17) is 9.47 Å². The lowest BCUT2D eigenvalue weighted by Gasteiger charge is -2.15. The molecule has 0 radical (unpaired) electrons. The molecule has 0 rings (SSSR count). The first-order valence-electron chi connectivity index (χ1n) is 18.4. The molecular weight excluding hydrogens is 536 g/mol. The highest BCUT2D eigenvalue weighted by Gasteiger charge is 2.15. The third-order valence-electron chi connectivity index (χ3n) is 8.01. The Balaban J connectivity index is 3.60. The molecule has 0 aromatic heterocycles. The molecule has 0 amide bonds. The normalized spacial score (nSPS) is 12.3. The summed E-state index contributed by atoms with van der Waals surface area (Å²) >= 11 is 0. The minimum absolute atomic E-state index is 0.0923. The number of ether oxygens (including phenoxy) is 2. The summed E-state index contributed by atoms with van der Waals surface area (Å²) < 4.78 is 10.5. The van der Waals surface area contributed by atoms with E-state index in [2.05, 4.69) is 32.1 Å². The van der Waals surface area contributed by atoms with Gasteiger partial charge in [0.05, 0.1) is 6.61 Å². The van der Waals surface area contributed by atoms with Gasteiger partial charge in [-0.3, -0.25) is 9.59 Å². The molecule has 43 heavy (non-hydrogen) atoms. The van der Waals surface area contributed by atoms with Crippen LogP contribution in [-0.2, 0) is 19.1 Å². The Bertz CT molecular complexity index is 657. The molecule has 252 valence electrons. The fourth-order valence-corrected chi connectivity index (χ4v) is 5.19. The zero-order chi connectivity index (χ0) is 31.5. The minimum Gasteiger partial charge on any atom is -0.462 e. The van der Waals surface area contributed by atoms with Crippen LogP contribution in [0.5, 0.6) is 0 Å². The van der Waals surface area contributed by atoms with Gasteiger partial charge in [-0.1, -0.05) is 167 Å². The van der Waals surface area contributed by atoms with Gasteiger partial charge in [0.15, 0.2) is 6.10 Å². The van der Waals surface area contributed by atoms with Gasteiger partial charge in [0.25, 0.3) is 0 Å². The van der Waals surface area contributed by atoms with Gasteiger partial charge < -0.3 is 14.6 Å². The first kappa shape index (κ1) is 41.4. The molecule has 0 aliphatic heterocycles. The average molecular weight is 607 g/mol. The number of unbranched alkanes of at least 4 members (excludes halogenated alkanes) is 21. The maximum atomic E-state index is 12.1. The predicted molar refractivity (Wildman–Crippen MR) is 182 cm³/mol. The fraction of sp³-hybridized carbons (Fsp3) is 0.842. The Morgan fingerprint density at radius 3 is 1.47 bits per heavy atom. The van der Waals surface area contributed by atoms with Crippen LogP contribution >= 0.6 is 0 Å². The molecule has 0 bridgehead atoms. The molecule has 1 unspecified atom stereocenters. The van der Waals surface area contributed by atoms with Crippen LogP contribution in [0.2, 0.25) is 0 Å². The van der Waals surface area contributed by atoms with E-state index in [9.17, 15) is 14.7 Å². The van der Waals surface area contributed by atoms with Crippen molar-refractivity contribution in [3.63, 3.8) is 0 Å². The molecule has 1 atom stereocenters. The van der Waals surface area contributed by atoms with Crippen LogP contribution in [0.4, 0.5) is 0 Å². The van der Waals surface area contributed by atoms with Gasteiger partial charge >= 0.3 is 11.9 Å². The van der Waals surface area contributed by atoms with Crippen LogP contribution in [0.1, 0.15) is 187 Å². The summed E-state index contributed by atoms with van der Waals surface area (Å²) in [6.07, 6.45) is 39.6. The molecule has 1 N–H and O–H groups in total. The summed E-state index contributed by atoms with van der Waals surface area (Å²) in [6.45, 7) is 4.08. The lowest BCUT2D eigenvalue weighted by molar-refractivity contribution is -0.161. The van der Waals surface area contributed by atoms with E-state index < -0.39 is 6.10 Å². The van der Waals surface area contributed by atoms with Crippen molar-refractivity contribution in [1.29, 1.82) is 0 Å². The zero-order valence-corrected chi connectivity index (χ0v) is 28.5. The van der Waals surface area contributed by atoms with Crippen LogP contribution < -0.4 is 0 Å². The Morgan fingerprint density at radius 1 is 0.535 bits per heavy atom. The second kappa shape index (κ2) is 34.9. The minimum atomic E-state index is -0.787. The topological polar surface area (TPSA) is 72.8 Å². The highest BCUT2D eigenvalue weighted by Crippen LogP contribution is 2.14. The Hall–Kier alpha value is -1.62. The number of aliphatic hydroxyl groups excluding tert-OH is 1. The number of hydrogen-bond donors (Lipinski definition) is 1. The summed E-state index contributed by atoms with van der Waals surface area (Å²) in [5.41, 5.74) is 0. The highest BCUT2D eigenvalue weighted by atomic mass is 16.6. The largest absolute Gasteiger partial charge is 0.462 e. The summed E-state index contributed by atoms with van der Waals surface area (Å²) in [5, 5.41) is 9.51. The molecule has 0 fully saturated rings. The monoisotopic (exact) mass is 607 g/mol. The third kappa shape index (κ3) is 33.1. The standard InChI is InChI=1S/C38H70O5/c1-3-5-7-9-11-13-15-17-18-19-21-23-25-27-29-31-33-38(41)43-36(34-39)35-42-37(40)32-30-28-26-24-22-20-16-14-12-10-8-6-4-2/h20,22,26,28,36,39H,3-19,21,23-25,27,29-35H2,1-2H3/b22-20+,28-26+. The van der Waals surface area contributed by atoms with Crippen molar-refractivity contribution < 1.29 is 24.2 Å². The van der Waals surface area contributed by atoms with Gasteiger partial charge in [-0.05, 0) is 32.1 Å². The molecule has 0 aliphatic rings. The van der Waals surface area contributed by atoms with Crippen LogP contribution in [0, 0.1) is 0 Å². The van der Waals surface area contributed by atoms with E-state index in [1.807, 2.05) is 6.08 Å². The van der Waals surface area contributed by atoms with Crippen molar-refractivity contribution in [2.75, 3.05) is 13.2 Å². The van der Waals surface area contributed by atoms with Crippen LogP contribution in [0.15, 0.2) is 24.3 Å². The van der Waals surface area contributed by atoms with Crippen LogP contribution in [0.25, 0.3) is 0 Å². The van der Waals surface area contributed by atoms with Crippen molar-refractivity contribution >= 4 is 11.9 Å². The van der Waals surface area contributed by atoms with E-state index in [1.54, 1.807) is 0 Å². The van der Waals surface area contributed by atoms with E-state index >= 15 is 0 Å². The van der Waals surface area contributed by atoms with Gasteiger partial charge in [-0.25, -0.2) is 0 Å². The number of esters is 2. The van der Waals surface area contributed by atoms with E-state index in [1.165, 1.54) is 122 Å². The Kier molecular flexibility index (Phi) is 33.6. The first-order chi connectivity index (χ1) is 21.1. The summed E-state index contributed by atoms with van der Waals surface area (Å²) in [6, 6.07) is 0. The number of carbonyl (C=O) groups excluding carboxylic acids is 2. The van der Waals surface area contributed by atoms with Gasteiger partial charge in [-0.15, -0.1) is 0 Å². The summed E-state index contributed by atoms with van der Waals surface area (Å²) in [7, 11) is 0. The molecule has 0 aromatic carbocycles. The van der Waals surface area contributed by atoms with Crippen molar-refractivity contribution in [3.05, 3.63) is 24.3 Å². The molecule has 5 heteroatoms. The van der Waals surface area contributed by atoms with Gasteiger partial charge in [0, 0.05) is 12.8 Å². The maximum absolute atomic E-state index is 12.1. The van der Waals surface area contributed by atoms with Crippen molar-refractivity contribution in [1.82, 2.24) is 0 Å². The van der Waals surface area contributed by atoms with Crippen LogP contribution in [-0.4, -0.2) is 36.4 Å². The SMILES string of the molecule is CCCCCCCC/C=C/C/C=C/CCC(=O)OCC(CO)OC(=O)CCCCCCCCCCCCCCCCCC. The van der Waals surface area contributed by atoms with Gasteiger partial charge in [-0.2, -0.15) is 0 Å². The number of rotatable bonds is 33. The molecule has 0 saturated heterocycles. The Labute approximate surface area is 266 Å². The quantitative estimate of drug-likeness (QED) is 0.0457. The smallest absolute Gasteiger partial charge is 0.306 e. The molecule has 0 aromatic rings. The van der Waals surface area contributed by atoms with Crippen LogP contribution in [0.3, 0.4) is 0 Å². The third-order valence-corrected chi connectivity index (χ3v) is 8.01.